The second kappa shape index (κ2) is 5.57. The van der Waals surface area contributed by atoms with Gasteiger partial charge in [-0.2, -0.15) is 0 Å². The molecule has 1 heterocycles. The van der Waals surface area contributed by atoms with E-state index in [0.29, 0.717) is 17.9 Å². The van der Waals surface area contributed by atoms with Gasteiger partial charge in [0.2, 0.25) is 0 Å². The summed E-state index contributed by atoms with van der Waals surface area (Å²) in [6, 6.07) is 2.81. The summed E-state index contributed by atoms with van der Waals surface area (Å²) < 4.78 is 19.0. The quantitative estimate of drug-likeness (QED) is 0.805. The summed E-state index contributed by atoms with van der Waals surface area (Å²) in [7, 11) is 0. The number of benzene rings is 1. The zero-order chi connectivity index (χ0) is 14.0. The number of rotatable bonds is 2. The molecule has 1 amide bonds. The van der Waals surface area contributed by atoms with E-state index in [4.69, 9.17) is 10.5 Å². The molecule has 0 aliphatic carbocycles. The molecule has 0 aromatic heterocycles. The van der Waals surface area contributed by atoms with E-state index in [2.05, 4.69) is 5.32 Å². The highest BCUT2D eigenvalue weighted by Gasteiger charge is 2.22. The van der Waals surface area contributed by atoms with Gasteiger partial charge in [-0.05, 0) is 38.8 Å². The van der Waals surface area contributed by atoms with Gasteiger partial charge in [0, 0.05) is 29.5 Å². The molecular weight excluding hydrogens is 247 g/mol. The number of nitrogen functional groups attached to an aromatic ring is 1. The molecule has 0 spiro atoms. The molecule has 0 bridgehead atoms. The Morgan fingerprint density at radius 1 is 1.53 bits per heavy atom. The first-order valence-electron chi connectivity index (χ1n) is 6.45. The molecule has 1 aliphatic rings. The first-order chi connectivity index (χ1) is 8.97. The lowest BCUT2D eigenvalue weighted by Crippen LogP contribution is -2.41. The topological polar surface area (TPSA) is 64.4 Å². The number of nitrogens with two attached hydrogens (primary N) is 1. The Morgan fingerprint density at radius 2 is 2.26 bits per heavy atom. The number of amides is 1. The molecule has 2 rings (SSSR count). The number of nitrogens with one attached hydrogen (secondary N) is 1. The Labute approximate surface area is 112 Å². The minimum atomic E-state index is -0.453. The average Bonchev–Trinajstić information content (AvgIpc) is 2.35. The standard InChI is InChI=1S/C14H19FN2O2/c1-8-5-11(3-4-19-8)17-14(18)10-6-12(15)9(2)13(16)7-10/h6-8,11H,3-5,16H2,1-2H3,(H,17,18). The highest BCUT2D eigenvalue weighted by atomic mass is 19.1. The third kappa shape index (κ3) is 3.23. The van der Waals surface area contributed by atoms with Crippen molar-refractivity contribution >= 4 is 11.6 Å². The van der Waals surface area contributed by atoms with Gasteiger partial charge in [-0.3, -0.25) is 4.79 Å². The van der Waals surface area contributed by atoms with Gasteiger partial charge in [-0.25, -0.2) is 4.39 Å². The highest BCUT2D eigenvalue weighted by molar-refractivity contribution is 5.95. The number of carbonyl (C=O) groups excluding carboxylic acids is 1. The molecule has 1 aliphatic heterocycles. The first kappa shape index (κ1) is 13.8. The van der Waals surface area contributed by atoms with Gasteiger partial charge in [0.25, 0.3) is 5.91 Å². The van der Waals surface area contributed by atoms with Gasteiger partial charge in [-0.1, -0.05) is 0 Å². The molecule has 3 N–H and O–H groups in total. The fraction of sp³-hybridized carbons (Fsp3) is 0.500. The zero-order valence-electron chi connectivity index (χ0n) is 11.2. The summed E-state index contributed by atoms with van der Waals surface area (Å²) in [5.74, 6) is -0.741. The van der Waals surface area contributed by atoms with E-state index in [-0.39, 0.29) is 23.6 Å². The summed E-state index contributed by atoms with van der Waals surface area (Å²) in [5, 5.41) is 2.90. The molecule has 0 saturated carbocycles. The molecule has 104 valence electrons. The van der Waals surface area contributed by atoms with E-state index in [1.165, 1.54) is 12.1 Å². The Balaban J connectivity index is 2.07. The van der Waals surface area contributed by atoms with Crippen LogP contribution >= 0.6 is 0 Å². The van der Waals surface area contributed by atoms with Gasteiger partial charge in [0.1, 0.15) is 5.82 Å². The predicted molar refractivity (Wildman–Crippen MR) is 71.5 cm³/mol. The fourth-order valence-electron chi connectivity index (χ4n) is 2.23. The Hall–Kier alpha value is -1.62. The monoisotopic (exact) mass is 266 g/mol. The van der Waals surface area contributed by atoms with Crippen molar-refractivity contribution in [3.05, 3.63) is 29.1 Å². The lowest BCUT2D eigenvalue weighted by atomic mass is 10.0. The van der Waals surface area contributed by atoms with E-state index in [0.717, 1.165) is 12.8 Å². The Bertz CT molecular complexity index is 467. The Kier molecular flexibility index (Phi) is 4.04. The van der Waals surface area contributed by atoms with Crippen molar-refractivity contribution in [2.75, 3.05) is 12.3 Å². The zero-order valence-corrected chi connectivity index (χ0v) is 11.2. The first-order valence-corrected chi connectivity index (χ1v) is 6.45. The highest BCUT2D eigenvalue weighted by Crippen LogP contribution is 2.19. The molecule has 4 nitrogen and oxygen atoms in total. The van der Waals surface area contributed by atoms with Crippen molar-refractivity contribution < 1.29 is 13.9 Å². The maximum absolute atomic E-state index is 13.6. The van der Waals surface area contributed by atoms with Crippen LogP contribution in [0.4, 0.5) is 10.1 Å². The fourth-order valence-corrected chi connectivity index (χ4v) is 2.23. The second-order valence-electron chi connectivity index (χ2n) is 5.05. The van der Waals surface area contributed by atoms with Crippen molar-refractivity contribution in [1.29, 1.82) is 0 Å². The molecule has 19 heavy (non-hydrogen) atoms. The van der Waals surface area contributed by atoms with Crippen LogP contribution in [0, 0.1) is 12.7 Å². The smallest absolute Gasteiger partial charge is 0.251 e. The van der Waals surface area contributed by atoms with Crippen LogP contribution < -0.4 is 11.1 Å². The van der Waals surface area contributed by atoms with Gasteiger partial charge in [0.15, 0.2) is 0 Å². The average molecular weight is 266 g/mol. The number of ether oxygens (including phenoxy) is 1. The van der Waals surface area contributed by atoms with Gasteiger partial charge < -0.3 is 15.8 Å². The van der Waals surface area contributed by atoms with Gasteiger partial charge in [-0.15, -0.1) is 0 Å². The maximum atomic E-state index is 13.6. The predicted octanol–water partition coefficient (Wildman–Crippen LogP) is 2.01. The van der Waals surface area contributed by atoms with Crippen LogP contribution in [-0.2, 0) is 4.74 Å². The van der Waals surface area contributed by atoms with Crippen LogP contribution in [0.25, 0.3) is 0 Å². The van der Waals surface area contributed by atoms with Crippen LogP contribution in [-0.4, -0.2) is 24.7 Å². The third-order valence-corrected chi connectivity index (χ3v) is 3.47. The molecular formula is C14H19FN2O2. The number of anilines is 1. The van der Waals surface area contributed by atoms with Crippen LogP contribution in [0.2, 0.25) is 0 Å². The van der Waals surface area contributed by atoms with Crippen molar-refractivity contribution in [3.8, 4) is 0 Å². The van der Waals surface area contributed by atoms with Crippen molar-refractivity contribution in [1.82, 2.24) is 5.32 Å². The molecule has 1 fully saturated rings. The molecule has 2 atom stereocenters. The lowest BCUT2D eigenvalue weighted by Gasteiger charge is -2.28. The number of hydrogen-bond acceptors (Lipinski definition) is 3. The number of hydrogen-bond donors (Lipinski definition) is 2. The summed E-state index contributed by atoms with van der Waals surface area (Å²) in [4.78, 5) is 12.1. The van der Waals surface area contributed by atoms with E-state index < -0.39 is 5.82 Å². The van der Waals surface area contributed by atoms with Crippen LogP contribution in [0.1, 0.15) is 35.7 Å². The largest absolute Gasteiger partial charge is 0.398 e. The van der Waals surface area contributed by atoms with Crippen molar-refractivity contribution in [2.45, 2.75) is 38.8 Å². The van der Waals surface area contributed by atoms with Gasteiger partial charge >= 0.3 is 0 Å². The SMILES string of the molecule is Cc1c(N)cc(C(=O)NC2CCOC(C)C2)cc1F. The van der Waals surface area contributed by atoms with Crippen LogP contribution in [0.5, 0.6) is 0 Å². The summed E-state index contributed by atoms with van der Waals surface area (Å²) in [5.41, 5.74) is 6.61. The maximum Gasteiger partial charge on any atom is 0.251 e. The minimum absolute atomic E-state index is 0.0711. The number of halogens is 1. The van der Waals surface area contributed by atoms with E-state index in [1.807, 2.05) is 6.92 Å². The molecule has 1 aromatic rings. The molecule has 1 aromatic carbocycles. The van der Waals surface area contributed by atoms with E-state index >= 15 is 0 Å². The molecule has 1 saturated heterocycles. The summed E-state index contributed by atoms with van der Waals surface area (Å²) >= 11 is 0. The summed E-state index contributed by atoms with van der Waals surface area (Å²) in [6.45, 7) is 4.20. The third-order valence-electron chi connectivity index (χ3n) is 3.47. The van der Waals surface area contributed by atoms with Gasteiger partial charge in [0.05, 0.1) is 6.10 Å². The van der Waals surface area contributed by atoms with Crippen molar-refractivity contribution in [3.63, 3.8) is 0 Å². The Morgan fingerprint density at radius 3 is 2.89 bits per heavy atom. The van der Waals surface area contributed by atoms with E-state index in [9.17, 15) is 9.18 Å². The summed E-state index contributed by atoms with van der Waals surface area (Å²) in [6.07, 6.45) is 1.69. The van der Waals surface area contributed by atoms with Crippen molar-refractivity contribution in [2.24, 2.45) is 0 Å². The van der Waals surface area contributed by atoms with E-state index in [1.54, 1.807) is 6.92 Å². The number of carbonyl (C=O) groups is 1. The lowest BCUT2D eigenvalue weighted by molar-refractivity contribution is 0.0136. The van der Waals surface area contributed by atoms with Crippen LogP contribution in [0.3, 0.4) is 0 Å². The van der Waals surface area contributed by atoms with Crippen LogP contribution in [0.15, 0.2) is 12.1 Å². The second-order valence-corrected chi connectivity index (χ2v) is 5.05. The molecule has 0 radical (unpaired) electrons. The normalized spacial score (nSPS) is 23.1. The molecule has 5 heteroatoms. The molecule has 2 unspecified atom stereocenters. The minimum Gasteiger partial charge on any atom is -0.398 e.